The highest BCUT2D eigenvalue weighted by molar-refractivity contribution is 7.80. The second-order valence-corrected chi connectivity index (χ2v) is 6.84. The number of hydrogen-bond donors (Lipinski definition) is 2. The molecule has 0 saturated heterocycles. The van der Waals surface area contributed by atoms with Gasteiger partial charge in [0.25, 0.3) is 5.56 Å². The summed E-state index contributed by atoms with van der Waals surface area (Å²) in [6, 6.07) is 10.3. The number of methoxy groups -OCH3 is 1. The number of benzene rings is 1. The van der Waals surface area contributed by atoms with Crippen molar-refractivity contribution in [1.29, 1.82) is 0 Å². The molecular formula is C20H18N4O4S. The molecule has 1 N–H and O–H groups in total. The molecule has 29 heavy (non-hydrogen) atoms. The summed E-state index contributed by atoms with van der Waals surface area (Å²) < 4.78 is 8.06. The first-order valence-electron chi connectivity index (χ1n) is 8.86. The number of rotatable bonds is 6. The van der Waals surface area contributed by atoms with Crippen molar-refractivity contribution in [3.05, 3.63) is 64.8 Å². The molecule has 0 aliphatic carbocycles. The fourth-order valence-electron chi connectivity index (χ4n) is 3.40. The Morgan fingerprint density at radius 3 is 2.69 bits per heavy atom. The highest BCUT2D eigenvalue weighted by Gasteiger charge is 2.22. The van der Waals surface area contributed by atoms with Gasteiger partial charge in [0.15, 0.2) is 5.65 Å². The Balaban J connectivity index is 2.01. The quantitative estimate of drug-likeness (QED) is 0.474. The number of nitrogens with zero attached hydrogens (tertiary/aromatic N) is 4. The predicted molar refractivity (Wildman–Crippen MR) is 111 cm³/mol. The molecule has 3 aromatic heterocycles. The third kappa shape index (κ3) is 3.18. The molecule has 1 atom stereocenters. The second-order valence-electron chi connectivity index (χ2n) is 6.48. The largest absolute Gasteiger partial charge is 0.480 e. The van der Waals surface area contributed by atoms with Crippen molar-refractivity contribution < 1.29 is 14.6 Å². The van der Waals surface area contributed by atoms with Crippen LogP contribution in [0, 0.1) is 0 Å². The van der Waals surface area contributed by atoms with Gasteiger partial charge in [0.2, 0.25) is 0 Å². The maximum absolute atomic E-state index is 12.9. The molecular weight excluding hydrogens is 392 g/mol. The molecule has 4 rings (SSSR count). The van der Waals surface area contributed by atoms with Crippen LogP contribution in [0.1, 0.15) is 11.7 Å². The Morgan fingerprint density at radius 2 is 2.03 bits per heavy atom. The van der Waals surface area contributed by atoms with E-state index in [1.165, 1.54) is 12.4 Å². The number of pyridine rings is 1. The minimum atomic E-state index is -1.12. The standard InChI is InChI=1S/C20H18N4O4S/c1-28-10-14-17(12-5-3-2-4-6-12)18-21-9-13-15(24(18)22-14)7-8-23(19(13)25)16(11-29)20(26)27/h2-9,16,29H,10-11H2,1H3,(H,26,27)/t16-/m1/s1. The molecule has 0 amide bonds. The molecule has 3 heterocycles. The SMILES string of the molecule is COCc1nn2c(ncc3c(=O)n([C@H](CS)C(=O)O)ccc32)c1-c1ccccc1. The van der Waals surface area contributed by atoms with Crippen LogP contribution >= 0.6 is 12.6 Å². The summed E-state index contributed by atoms with van der Waals surface area (Å²) in [6.07, 6.45) is 2.92. The van der Waals surface area contributed by atoms with E-state index in [1.54, 1.807) is 17.7 Å². The van der Waals surface area contributed by atoms with Gasteiger partial charge in [0.05, 0.1) is 28.8 Å². The minimum Gasteiger partial charge on any atom is -0.480 e. The van der Waals surface area contributed by atoms with Crippen LogP contribution < -0.4 is 5.56 Å². The molecule has 0 unspecified atom stereocenters. The fourth-order valence-corrected chi connectivity index (χ4v) is 3.73. The van der Waals surface area contributed by atoms with Crippen molar-refractivity contribution >= 4 is 35.1 Å². The zero-order chi connectivity index (χ0) is 20.5. The predicted octanol–water partition coefficient (Wildman–Crippen LogP) is 2.41. The molecule has 0 radical (unpaired) electrons. The van der Waals surface area contributed by atoms with E-state index in [1.807, 2.05) is 30.3 Å². The molecule has 0 bridgehead atoms. The smallest absolute Gasteiger partial charge is 0.327 e. The van der Waals surface area contributed by atoms with Gasteiger partial charge in [-0.3, -0.25) is 9.36 Å². The molecule has 8 nitrogen and oxygen atoms in total. The maximum atomic E-state index is 12.9. The zero-order valence-electron chi connectivity index (χ0n) is 15.5. The van der Waals surface area contributed by atoms with Crippen LogP contribution in [0.3, 0.4) is 0 Å². The summed E-state index contributed by atoms with van der Waals surface area (Å²) in [5.41, 5.74) is 3.15. The molecule has 4 aromatic rings. The van der Waals surface area contributed by atoms with Crippen LogP contribution in [0.4, 0.5) is 0 Å². The number of aliphatic carboxylic acids is 1. The lowest BCUT2D eigenvalue weighted by atomic mass is 10.1. The van der Waals surface area contributed by atoms with E-state index in [9.17, 15) is 14.7 Å². The van der Waals surface area contributed by atoms with Crippen LogP contribution in [0.15, 0.2) is 53.6 Å². The summed E-state index contributed by atoms with van der Waals surface area (Å²) in [6.45, 7) is 0.285. The number of aromatic nitrogens is 4. The van der Waals surface area contributed by atoms with Crippen LogP contribution in [-0.2, 0) is 16.1 Å². The number of carboxylic acids is 1. The summed E-state index contributed by atoms with van der Waals surface area (Å²) in [5.74, 6) is -1.13. The van der Waals surface area contributed by atoms with E-state index in [0.29, 0.717) is 16.9 Å². The Kier molecular flexibility index (Phi) is 5.08. The highest BCUT2D eigenvalue weighted by Crippen LogP contribution is 2.29. The van der Waals surface area contributed by atoms with Crippen molar-refractivity contribution in [1.82, 2.24) is 19.2 Å². The average Bonchev–Trinajstić information content (AvgIpc) is 3.09. The molecule has 1 aromatic carbocycles. The maximum Gasteiger partial charge on any atom is 0.327 e. The Morgan fingerprint density at radius 1 is 1.28 bits per heavy atom. The van der Waals surface area contributed by atoms with E-state index in [-0.39, 0.29) is 17.7 Å². The van der Waals surface area contributed by atoms with Crippen molar-refractivity contribution in [3.8, 4) is 11.1 Å². The molecule has 148 valence electrons. The lowest BCUT2D eigenvalue weighted by molar-refractivity contribution is -0.140. The van der Waals surface area contributed by atoms with Crippen LogP contribution in [0.25, 0.3) is 27.7 Å². The number of hydrogen-bond acceptors (Lipinski definition) is 6. The lowest BCUT2D eigenvalue weighted by Gasteiger charge is -2.14. The monoisotopic (exact) mass is 410 g/mol. The van der Waals surface area contributed by atoms with Gasteiger partial charge in [-0.15, -0.1) is 0 Å². The van der Waals surface area contributed by atoms with Gasteiger partial charge in [0.1, 0.15) is 6.04 Å². The first kappa shape index (κ1) is 19.2. The van der Waals surface area contributed by atoms with Crippen molar-refractivity contribution in [3.63, 3.8) is 0 Å². The average molecular weight is 410 g/mol. The van der Waals surface area contributed by atoms with Crippen LogP contribution in [0.2, 0.25) is 0 Å². The van der Waals surface area contributed by atoms with Crippen molar-refractivity contribution in [2.75, 3.05) is 12.9 Å². The van der Waals surface area contributed by atoms with Gasteiger partial charge in [-0.1, -0.05) is 30.3 Å². The summed E-state index contributed by atoms with van der Waals surface area (Å²) in [4.78, 5) is 28.9. The van der Waals surface area contributed by atoms with Crippen LogP contribution in [0.5, 0.6) is 0 Å². The summed E-state index contributed by atoms with van der Waals surface area (Å²) in [7, 11) is 1.59. The zero-order valence-corrected chi connectivity index (χ0v) is 16.4. The first-order chi connectivity index (χ1) is 14.1. The summed E-state index contributed by atoms with van der Waals surface area (Å²) >= 11 is 4.06. The molecule has 0 spiro atoms. The first-order valence-corrected chi connectivity index (χ1v) is 9.49. The van der Waals surface area contributed by atoms with E-state index >= 15 is 0 Å². The number of carboxylic acid groups (broad SMARTS) is 1. The highest BCUT2D eigenvalue weighted by atomic mass is 32.1. The van der Waals surface area contributed by atoms with E-state index < -0.39 is 17.6 Å². The van der Waals surface area contributed by atoms with Crippen molar-refractivity contribution in [2.45, 2.75) is 12.6 Å². The second kappa shape index (κ2) is 7.69. The number of fused-ring (bicyclic) bond motifs is 3. The topological polar surface area (TPSA) is 98.7 Å². The Hall–Kier alpha value is -3.17. The molecule has 0 aliphatic heterocycles. The molecule has 0 fully saturated rings. The number of thiol groups is 1. The van der Waals surface area contributed by atoms with E-state index in [0.717, 1.165) is 15.7 Å². The van der Waals surface area contributed by atoms with Gasteiger partial charge in [0, 0.05) is 25.3 Å². The van der Waals surface area contributed by atoms with E-state index in [2.05, 4.69) is 22.7 Å². The normalized spacial score (nSPS) is 12.5. The summed E-state index contributed by atoms with van der Waals surface area (Å²) in [5, 5.41) is 14.3. The van der Waals surface area contributed by atoms with Gasteiger partial charge >= 0.3 is 5.97 Å². The Labute approximate surface area is 170 Å². The van der Waals surface area contributed by atoms with Gasteiger partial charge < -0.3 is 9.84 Å². The van der Waals surface area contributed by atoms with E-state index in [4.69, 9.17) is 4.74 Å². The third-order valence-electron chi connectivity index (χ3n) is 4.75. The van der Waals surface area contributed by atoms with Crippen LogP contribution in [-0.4, -0.2) is 43.1 Å². The van der Waals surface area contributed by atoms with Gasteiger partial charge in [-0.25, -0.2) is 14.3 Å². The number of ether oxygens (including phenoxy) is 1. The van der Waals surface area contributed by atoms with Gasteiger partial charge in [-0.2, -0.15) is 17.7 Å². The molecule has 0 aliphatic rings. The Bertz CT molecular complexity index is 1270. The number of carbonyl (C=O) groups is 1. The lowest BCUT2D eigenvalue weighted by Crippen LogP contribution is -2.31. The molecule has 9 heteroatoms. The van der Waals surface area contributed by atoms with Gasteiger partial charge in [-0.05, 0) is 11.6 Å². The van der Waals surface area contributed by atoms with Crippen molar-refractivity contribution in [2.24, 2.45) is 0 Å². The minimum absolute atomic E-state index is 0.00562. The third-order valence-corrected chi connectivity index (χ3v) is 5.09. The molecule has 0 saturated carbocycles. The fraction of sp³-hybridized carbons (Fsp3) is 0.200.